The number of aliphatic imine (C=N–C) groups is 1. The maximum atomic E-state index is 11.4. The van der Waals surface area contributed by atoms with Gasteiger partial charge < -0.3 is 10.1 Å². The molecule has 1 saturated heterocycles. The summed E-state index contributed by atoms with van der Waals surface area (Å²) in [5.41, 5.74) is 0.428. The predicted molar refractivity (Wildman–Crippen MR) is 60.3 cm³/mol. The van der Waals surface area contributed by atoms with Crippen molar-refractivity contribution >= 4 is 11.8 Å². The Kier molecular flexibility index (Phi) is 3.85. The molecule has 4 heteroatoms. The summed E-state index contributed by atoms with van der Waals surface area (Å²) in [6, 6.07) is 0. The van der Waals surface area contributed by atoms with Crippen LogP contribution in [-0.2, 0) is 4.74 Å². The summed E-state index contributed by atoms with van der Waals surface area (Å²) < 4.78 is 5.12. The summed E-state index contributed by atoms with van der Waals surface area (Å²) in [5, 5.41) is 3.21. The molecular formula is C11H20N2O2. The van der Waals surface area contributed by atoms with Crippen LogP contribution in [-0.4, -0.2) is 30.5 Å². The molecule has 1 atom stereocenters. The molecule has 1 heterocycles. The minimum Gasteiger partial charge on any atom is -0.442 e. The summed E-state index contributed by atoms with van der Waals surface area (Å²) in [6.45, 7) is 9.35. The number of carbonyl (C=O) groups excluding carboxylic acids is 1. The third-order valence-electron chi connectivity index (χ3n) is 2.05. The van der Waals surface area contributed by atoms with Crippen molar-refractivity contribution in [1.82, 2.24) is 5.32 Å². The van der Waals surface area contributed by atoms with Crippen LogP contribution in [0.5, 0.6) is 0 Å². The highest BCUT2D eigenvalue weighted by Crippen LogP contribution is 2.11. The molecule has 0 aromatic rings. The lowest BCUT2D eigenvalue weighted by Crippen LogP contribution is -2.36. The number of ether oxygens (including phenoxy) is 1. The van der Waals surface area contributed by atoms with E-state index in [4.69, 9.17) is 4.74 Å². The van der Waals surface area contributed by atoms with E-state index in [0.29, 0.717) is 12.5 Å². The highest BCUT2D eigenvalue weighted by atomic mass is 16.6. The highest BCUT2D eigenvalue weighted by Gasteiger charge is 2.18. The molecule has 0 radical (unpaired) electrons. The van der Waals surface area contributed by atoms with Gasteiger partial charge in [0.25, 0.3) is 0 Å². The first-order chi connectivity index (χ1) is 6.87. The van der Waals surface area contributed by atoms with Gasteiger partial charge in [0.05, 0.1) is 0 Å². The zero-order valence-electron chi connectivity index (χ0n) is 9.96. The first-order valence-electron chi connectivity index (χ1n) is 5.37. The molecule has 0 unspecified atom stereocenters. The minimum absolute atomic E-state index is 0.463. The van der Waals surface area contributed by atoms with E-state index in [9.17, 15) is 4.79 Å². The number of piperidine rings is 1. The van der Waals surface area contributed by atoms with Gasteiger partial charge in [-0.3, -0.25) is 0 Å². The number of nitrogens with zero attached hydrogens (tertiary/aromatic N) is 1. The molecule has 0 aromatic heterocycles. The Morgan fingerprint density at radius 1 is 1.53 bits per heavy atom. The van der Waals surface area contributed by atoms with Gasteiger partial charge in [0.15, 0.2) is 0 Å². The molecule has 1 aliphatic heterocycles. The SMILES string of the molecule is C[C@H]1CNCC(=NC(=O)OC(C)(C)C)C1. The molecular weight excluding hydrogens is 192 g/mol. The molecule has 0 bridgehead atoms. The van der Waals surface area contributed by atoms with Crippen molar-refractivity contribution in [1.29, 1.82) is 0 Å². The van der Waals surface area contributed by atoms with Crippen LogP contribution in [0.1, 0.15) is 34.1 Å². The quantitative estimate of drug-likeness (QED) is 0.668. The average Bonchev–Trinajstić information content (AvgIpc) is 1.99. The molecule has 86 valence electrons. The summed E-state index contributed by atoms with van der Waals surface area (Å²) in [6.07, 6.45) is 0.403. The lowest BCUT2D eigenvalue weighted by atomic mass is 10.0. The van der Waals surface area contributed by atoms with Gasteiger partial charge in [0.2, 0.25) is 0 Å². The predicted octanol–water partition coefficient (Wildman–Crippen LogP) is 1.99. The van der Waals surface area contributed by atoms with Gasteiger partial charge in [-0.15, -0.1) is 0 Å². The number of hydrogen-bond donors (Lipinski definition) is 1. The Bertz CT molecular complexity index is 266. The molecule has 0 aliphatic carbocycles. The number of hydrogen-bond acceptors (Lipinski definition) is 3. The smallest absolute Gasteiger partial charge is 0.434 e. The van der Waals surface area contributed by atoms with Crippen LogP contribution in [0.15, 0.2) is 4.99 Å². The average molecular weight is 212 g/mol. The first kappa shape index (κ1) is 12.2. The Balaban J connectivity index is 2.51. The molecule has 1 N–H and O–H groups in total. The molecule has 1 rings (SSSR count). The van der Waals surface area contributed by atoms with Crippen LogP contribution in [0.25, 0.3) is 0 Å². The Labute approximate surface area is 91.1 Å². The van der Waals surface area contributed by atoms with Crippen molar-refractivity contribution in [3.8, 4) is 0 Å². The Hall–Kier alpha value is -0.900. The van der Waals surface area contributed by atoms with E-state index in [1.165, 1.54) is 0 Å². The highest BCUT2D eigenvalue weighted by molar-refractivity contribution is 5.95. The fraction of sp³-hybridized carbons (Fsp3) is 0.818. The molecule has 15 heavy (non-hydrogen) atoms. The van der Waals surface area contributed by atoms with Crippen molar-refractivity contribution in [3.05, 3.63) is 0 Å². The van der Waals surface area contributed by atoms with Gasteiger partial charge >= 0.3 is 6.09 Å². The fourth-order valence-electron chi connectivity index (χ4n) is 1.51. The lowest BCUT2D eigenvalue weighted by Gasteiger charge is -2.21. The van der Waals surface area contributed by atoms with E-state index in [-0.39, 0.29) is 0 Å². The van der Waals surface area contributed by atoms with E-state index in [1.807, 2.05) is 20.8 Å². The zero-order chi connectivity index (χ0) is 11.5. The van der Waals surface area contributed by atoms with Gasteiger partial charge in [-0.2, -0.15) is 4.99 Å². The van der Waals surface area contributed by atoms with Crippen LogP contribution in [0.3, 0.4) is 0 Å². The number of rotatable bonds is 0. The van der Waals surface area contributed by atoms with Crippen molar-refractivity contribution in [2.24, 2.45) is 10.9 Å². The molecule has 1 fully saturated rings. The first-order valence-corrected chi connectivity index (χ1v) is 5.37. The number of carbonyl (C=O) groups is 1. The Morgan fingerprint density at radius 3 is 2.73 bits per heavy atom. The van der Waals surface area contributed by atoms with Gasteiger partial charge in [0, 0.05) is 12.3 Å². The maximum Gasteiger partial charge on any atom is 0.434 e. The summed E-state index contributed by atoms with van der Waals surface area (Å²) in [7, 11) is 0. The maximum absolute atomic E-state index is 11.4. The van der Waals surface area contributed by atoms with Gasteiger partial charge in [-0.05, 0) is 39.7 Å². The van der Waals surface area contributed by atoms with E-state index in [2.05, 4.69) is 17.2 Å². The van der Waals surface area contributed by atoms with Gasteiger partial charge in [-0.25, -0.2) is 4.79 Å². The molecule has 1 aliphatic rings. The summed E-state index contributed by atoms with van der Waals surface area (Å²) >= 11 is 0. The van der Waals surface area contributed by atoms with Crippen molar-refractivity contribution in [3.63, 3.8) is 0 Å². The molecule has 0 spiro atoms. The van der Waals surface area contributed by atoms with Crippen molar-refractivity contribution in [2.45, 2.75) is 39.7 Å². The van der Waals surface area contributed by atoms with Crippen LogP contribution in [0, 0.1) is 5.92 Å². The second-order valence-corrected chi connectivity index (χ2v) is 5.10. The molecule has 4 nitrogen and oxygen atoms in total. The zero-order valence-corrected chi connectivity index (χ0v) is 9.96. The third kappa shape index (κ3) is 4.93. The van der Waals surface area contributed by atoms with Crippen molar-refractivity contribution < 1.29 is 9.53 Å². The lowest BCUT2D eigenvalue weighted by molar-refractivity contribution is 0.0603. The molecule has 1 amide bonds. The fourth-order valence-corrected chi connectivity index (χ4v) is 1.51. The van der Waals surface area contributed by atoms with Crippen LogP contribution in [0.2, 0.25) is 0 Å². The van der Waals surface area contributed by atoms with Gasteiger partial charge in [0.1, 0.15) is 5.60 Å². The summed E-state index contributed by atoms with van der Waals surface area (Å²) in [4.78, 5) is 15.4. The molecule has 0 saturated carbocycles. The van der Waals surface area contributed by atoms with Crippen LogP contribution < -0.4 is 5.32 Å². The second kappa shape index (κ2) is 4.75. The van der Waals surface area contributed by atoms with E-state index >= 15 is 0 Å². The third-order valence-corrected chi connectivity index (χ3v) is 2.05. The summed E-state index contributed by atoms with van der Waals surface area (Å²) in [5.74, 6) is 0.542. The largest absolute Gasteiger partial charge is 0.442 e. The topological polar surface area (TPSA) is 50.7 Å². The van der Waals surface area contributed by atoms with E-state index in [1.54, 1.807) is 0 Å². The number of nitrogens with one attached hydrogen (secondary N) is 1. The second-order valence-electron chi connectivity index (χ2n) is 5.10. The monoisotopic (exact) mass is 212 g/mol. The van der Waals surface area contributed by atoms with Crippen LogP contribution in [0.4, 0.5) is 4.79 Å². The minimum atomic E-state index is -0.478. The van der Waals surface area contributed by atoms with Crippen LogP contribution >= 0.6 is 0 Å². The van der Waals surface area contributed by atoms with E-state index in [0.717, 1.165) is 18.7 Å². The standard InChI is InChI=1S/C11H20N2O2/c1-8-5-9(7-12-6-8)13-10(14)15-11(2,3)4/h8,12H,5-7H2,1-4H3/t8-/m1/s1. The van der Waals surface area contributed by atoms with Crippen molar-refractivity contribution in [2.75, 3.05) is 13.1 Å². The van der Waals surface area contributed by atoms with Gasteiger partial charge in [-0.1, -0.05) is 6.92 Å². The number of amides is 1. The normalized spacial score (nSPS) is 25.3. The Morgan fingerprint density at radius 2 is 2.20 bits per heavy atom. The molecule has 0 aromatic carbocycles. The van der Waals surface area contributed by atoms with E-state index < -0.39 is 11.7 Å².